The third-order valence-electron chi connectivity index (χ3n) is 2.55. The second kappa shape index (κ2) is 3.31. The van der Waals surface area contributed by atoms with Crippen LogP contribution in [0.3, 0.4) is 0 Å². The van der Waals surface area contributed by atoms with Crippen molar-refractivity contribution < 1.29 is 4.92 Å². The highest BCUT2D eigenvalue weighted by molar-refractivity contribution is 4.86. The molecule has 1 rings (SSSR count). The topological polar surface area (TPSA) is 46.4 Å². The Hall–Kier alpha value is -0.770. The molecule has 1 aliphatic rings. The van der Waals surface area contributed by atoms with E-state index in [1.165, 1.54) is 6.54 Å². The Morgan fingerprint density at radius 2 is 2.00 bits per heavy atom. The Balaban J connectivity index is 2.44. The molecule has 1 fully saturated rings. The van der Waals surface area contributed by atoms with Gasteiger partial charge in [-0.15, -0.1) is 4.92 Å². The molecule has 0 spiro atoms. The van der Waals surface area contributed by atoms with Crippen molar-refractivity contribution in [3.05, 3.63) is 16.7 Å². The number of piperidine rings is 1. The minimum atomic E-state index is -0.314. The zero-order valence-electron chi connectivity index (χ0n) is 7.62. The number of nitro groups is 1. The number of rotatable bonds is 2. The maximum absolute atomic E-state index is 10.3. The minimum Gasteiger partial charge on any atom is -0.307 e. The predicted octanol–water partition coefficient (Wildman–Crippen LogP) is 1.16. The van der Waals surface area contributed by atoms with Gasteiger partial charge in [0.15, 0.2) is 0 Å². The van der Waals surface area contributed by atoms with Crippen LogP contribution in [0, 0.1) is 22.1 Å². The molecule has 1 saturated heterocycles. The maximum atomic E-state index is 10.3. The number of hydrogen-bond acceptors (Lipinski definition) is 3. The molecule has 4 nitrogen and oxygen atoms in total. The lowest BCUT2D eigenvalue weighted by Crippen LogP contribution is -2.37. The molecule has 4 heteroatoms. The molecule has 12 heavy (non-hydrogen) atoms. The molecule has 0 aliphatic carbocycles. The Morgan fingerprint density at radius 3 is 2.42 bits per heavy atom. The third-order valence-corrected chi connectivity index (χ3v) is 2.55. The average molecular weight is 171 g/mol. The summed E-state index contributed by atoms with van der Waals surface area (Å²) in [4.78, 5) is 12.2. The van der Waals surface area contributed by atoms with Crippen molar-refractivity contribution in [2.45, 2.75) is 19.8 Å². The molecule has 0 amide bonds. The van der Waals surface area contributed by atoms with Crippen molar-refractivity contribution >= 4 is 0 Å². The number of likely N-dealkylation sites (tertiary alicyclic amines) is 1. The van der Waals surface area contributed by atoms with Crippen LogP contribution in [-0.2, 0) is 0 Å². The van der Waals surface area contributed by atoms with Crippen LogP contribution in [0.4, 0.5) is 0 Å². The zero-order chi connectivity index (χ0) is 9.19. The highest BCUT2D eigenvalue weighted by Crippen LogP contribution is 2.32. The van der Waals surface area contributed by atoms with Crippen LogP contribution in [-0.4, -0.2) is 30.0 Å². The summed E-state index contributed by atoms with van der Waals surface area (Å²) in [6.45, 7) is 5.13. The minimum absolute atomic E-state index is 0.185. The van der Waals surface area contributed by atoms with E-state index in [0.29, 0.717) is 0 Å². The summed E-state index contributed by atoms with van der Waals surface area (Å²) in [5, 5.41) is 10.3. The molecule has 0 aromatic carbocycles. The van der Waals surface area contributed by atoms with E-state index in [2.05, 4.69) is 4.90 Å². The molecule has 0 bridgehead atoms. The van der Waals surface area contributed by atoms with Crippen LogP contribution < -0.4 is 0 Å². The molecule has 0 atom stereocenters. The van der Waals surface area contributed by atoms with E-state index in [-0.39, 0.29) is 10.3 Å². The standard InChI is InChI=1S/C8H15N2O2/c1-8(7-10(11)12)3-5-9(2)6-4-8/h7H,3-6H2,1-2H3/q-1. The molecule has 0 N–H and O–H groups in total. The fourth-order valence-corrected chi connectivity index (χ4v) is 1.51. The van der Waals surface area contributed by atoms with Gasteiger partial charge in [-0.3, -0.25) is 10.1 Å². The van der Waals surface area contributed by atoms with Crippen molar-refractivity contribution in [3.63, 3.8) is 0 Å². The zero-order valence-corrected chi connectivity index (χ0v) is 7.62. The van der Waals surface area contributed by atoms with E-state index in [4.69, 9.17) is 0 Å². The Kier molecular flexibility index (Phi) is 2.57. The Labute approximate surface area is 72.7 Å². The van der Waals surface area contributed by atoms with Gasteiger partial charge in [0.2, 0.25) is 0 Å². The van der Waals surface area contributed by atoms with Gasteiger partial charge in [-0.25, -0.2) is 0 Å². The highest BCUT2D eigenvalue weighted by atomic mass is 16.6. The van der Waals surface area contributed by atoms with Crippen LogP contribution in [0.5, 0.6) is 0 Å². The molecule has 1 aliphatic heterocycles. The molecular formula is C8H15N2O2-. The number of hydrogen-bond donors (Lipinski definition) is 0. The summed E-state index contributed by atoms with van der Waals surface area (Å²) in [6, 6.07) is 0. The molecule has 70 valence electrons. The van der Waals surface area contributed by atoms with Crippen LogP contribution >= 0.6 is 0 Å². The third kappa shape index (κ3) is 2.37. The summed E-state index contributed by atoms with van der Waals surface area (Å²) in [6.07, 6.45) is 1.79. The fraction of sp³-hybridized carbons (Fsp3) is 0.875. The van der Waals surface area contributed by atoms with Crippen molar-refractivity contribution in [3.8, 4) is 0 Å². The fourth-order valence-electron chi connectivity index (χ4n) is 1.51. The van der Waals surface area contributed by atoms with Crippen LogP contribution in [0.15, 0.2) is 0 Å². The van der Waals surface area contributed by atoms with Crippen LogP contribution in [0.25, 0.3) is 0 Å². The first-order valence-corrected chi connectivity index (χ1v) is 4.20. The SMILES string of the molecule is CN1CCC(C)([CH-][N+](=O)[O-])CC1. The molecule has 0 radical (unpaired) electrons. The Morgan fingerprint density at radius 1 is 1.50 bits per heavy atom. The monoisotopic (exact) mass is 171 g/mol. The summed E-state index contributed by atoms with van der Waals surface area (Å²) < 4.78 is 0. The van der Waals surface area contributed by atoms with Gasteiger partial charge in [-0.1, -0.05) is 31.7 Å². The first kappa shape index (κ1) is 9.32. The lowest BCUT2D eigenvalue weighted by atomic mass is 9.81. The van der Waals surface area contributed by atoms with Crippen LogP contribution in [0.1, 0.15) is 19.8 Å². The van der Waals surface area contributed by atoms with Gasteiger partial charge in [-0.2, -0.15) is 0 Å². The van der Waals surface area contributed by atoms with Gasteiger partial charge in [0, 0.05) is 0 Å². The molecule has 0 aromatic heterocycles. The lowest BCUT2D eigenvalue weighted by Gasteiger charge is -2.40. The maximum Gasteiger partial charge on any atom is -0.00375 e. The van der Waals surface area contributed by atoms with Gasteiger partial charge in [-0.05, 0) is 20.1 Å². The van der Waals surface area contributed by atoms with Gasteiger partial charge < -0.3 is 4.90 Å². The van der Waals surface area contributed by atoms with Crippen LogP contribution in [0.2, 0.25) is 0 Å². The van der Waals surface area contributed by atoms with E-state index in [1.54, 1.807) is 0 Å². The first-order valence-electron chi connectivity index (χ1n) is 4.20. The van der Waals surface area contributed by atoms with Gasteiger partial charge in [0.1, 0.15) is 0 Å². The van der Waals surface area contributed by atoms with Gasteiger partial charge in [0.25, 0.3) is 0 Å². The van der Waals surface area contributed by atoms with E-state index in [0.717, 1.165) is 25.9 Å². The van der Waals surface area contributed by atoms with Gasteiger partial charge >= 0.3 is 0 Å². The summed E-state index contributed by atoms with van der Waals surface area (Å²) in [5.41, 5.74) is -0.185. The van der Waals surface area contributed by atoms with E-state index >= 15 is 0 Å². The summed E-state index contributed by atoms with van der Waals surface area (Å²) in [5.74, 6) is 0. The van der Waals surface area contributed by atoms with Crippen molar-refractivity contribution in [2.24, 2.45) is 5.41 Å². The quantitative estimate of drug-likeness (QED) is 0.356. The average Bonchev–Trinajstić information content (AvgIpc) is 1.94. The predicted molar refractivity (Wildman–Crippen MR) is 46.1 cm³/mol. The summed E-state index contributed by atoms with van der Waals surface area (Å²) in [7, 11) is 2.05. The largest absolute Gasteiger partial charge is 0.307 e. The normalized spacial score (nSPS) is 23.5. The molecular weight excluding hydrogens is 156 g/mol. The van der Waals surface area contributed by atoms with Crippen molar-refractivity contribution in [1.29, 1.82) is 0 Å². The summed E-state index contributed by atoms with van der Waals surface area (Å²) >= 11 is 0. The van der Waals surface area contributed by atoms with E-state index in [9.17, 15) is 10.1 Å². The van der Waals surface area contributed by atoms with E-state index in [1.807, 2.05) is 14.0 Å². The highest BCUT2D eigenvalue weighted by Gasteiger charge is 2.25. The second-order valence-corrected chi connectivity index (χ2v) is 3.87. The first-order chi connectivity index (χ1) is 5.52. The Bertz CT molecular complexity index is 174. The van der Waals surface area contributed by atoms with E-state index < -0.39 is 0 Å². The molecule has 0 saturated carbocycles. The van der Waals surface area contributed by atoms with Crippen molar-refractivity contribution in [1.82, 2.24) is 4.90 Å². The second-order valence-electron chi connectivity index (χ2n) is 3.87. The van der Waals surface area contributed by atoms with Gasteiger partial charge in [0.05, 0.1) is 0 Å². The lowest BCUT2D eigenvalue weighted by molar-refractivity contribution is -0.452. The smallest absolute Gasteiger partial charge is 0.00375 e. The molecule has 0 aromatic rings. The number of nitrogens with zero attached hydrogens (tertiary/aromatic N) is 2. The molecule has 0 unspecified atom stereocenters. The van der Waals surface area contributed by atoms with Crippen molar-refractivity contribution in [2.75, 3.05) is 20.1 Å². The molecule has 1 heterocycles.